The van der Waals surface area contributed by atoms with Crippen LogP contribution in [0.3, 0.4) is 0 Å². The standard InChI is InChI=1S/C13H15N3/c1-16-6-2-3-13(16)10-4-5-11-8-14-9-15-12(11)7-10/h4-5,7-9,13H,2-3,6H2,1H3. The Kier molecular flexibility index (Phi) is 2.33. The molecule has 3 rings (SSSR count). The van der Waals surface area contributed by atoms with E-state index in [1.54, 1.807) is 6.33 Å². The van der Waals surface area contributed by atoms with Crippen LogP contribution in [0.4, 0.5) is 0 Å². The van der Waals surface area contributed by atoms with Crippen LogP contribution in [0.1, 0.15) is 24.4 Å². The van der Waals surface area contributed by atoms with Gasteiger partial charge in [-0.05, 0) is 38.1 Å². The van der Waals surface area contributed by atoms with Crippen LogP contribution >= 0.6 is 0 Å². The van der Waals surface area contributed by atoms with Gasteiger partial charge in [0.05, 0.1) is 5.52 Å². The number of aromatic nitrogens is 2. The molecule has 1 saturated heterocycles. The Bertz CT molecular complexity index is 509. The zero-order valence-corrected chi connectivity index (χ0v) is 9.43. The second-order valence-electron chi connectivity index (χ2n) is 4.48. The van der Waals surface area contributed by atoms with Crippen LogP contribution in [0.5, 0.6) is 0 Å². The third-order valence-corrected chi connectivity index (χ3v) is 3.44. The van der Waals surface area contributed by atoms with Crippen LogP contribution in [0.25, 0.3) is 10.9 Å². The van der Waals surface area contributed by atoms with Gasteiger partial charge in [-0.3, -0.25) is 4.90 Å². The van der Waals surface area contributed by atoms with E-state index in [0.717, 1.165) is 10.9 Å². The van der Waals surface area contributed by atoms with Gasteiger partial charge in [0.2, 0.25) is 0 Å². The monoisotopic (exact) mass is 213 g/mol. The van der Waals surface area contributed by atoms with Crippen molar-refractivity contribution in [1.82, 2.24) is 14.9 Å². The lowest BCUT2D eigenvalue weighted by Crippen LogP contribution is -2.17. The number of likely N-dealkylation sites (tertiary alicyclic amines) is 1. The lowest BCUT2D eigenvalue weighted by Gasteiger charge is -2.19. The van der Waals surface area contributed by atoms with E-state index in [4.69, 9.17) is 0 Å². The highest BCUT2D eigenvalue weighted by molar-refractivity contribution is 5.78. The first kappa shape index (κ1) is 9.73. The van der Waals surface area contributed by atoms with Crippen LogP contribution in [0, 0.1) is 0 Å². The molecule has 1 fully saturated rings. The summed E-state index contributed by atoms with van der Waals surface area (Å²) >= 11 is 0. The third kappa shape index (κ3) is 1.57. The minimum absolute atomic E-state index is 0.569. The van der Waals surface area contributed by atoms with Crippen molar-refractivity contribution in [2.45, 2.75) is 18.9 Å². The highest BCUT2D eigenvalue weighted by Gasteiger charge is 2.22. The topological polar surface area (TPSA) is 29.0 Å². The molecule has 0 saturated carbocycles. The Labute approximate surface area is 95.1 Å². The van der Waals surface area contributed by atoms with Crippen LogP contribution in [-0.2, 0) is 0 Å². The summed E-state index contributed by atoms with van der Waals surface area (Å²) in [5, 5.41) is 1.12. The predicted octanol–water partition coefficient (Wildman–Crippen LogP) is 2.40. The first-order valence-corrected chi connectivity index (χ1v) is 5.74. The van der Waals surface area contributed by atoms with Crippen molar-refractivity contribution in [3.63, 3.8) is 0 Å². The van der Waals surface area contributed by atoms with Gasteiger partial charge in [-0.25, -0.2) is 9.97 Å². The Hall–Kier alpha value is -1.48. The highest BCUT2D eigenvalue weighted by atomic mass is 15.1. The largest absolute Gasteiger partial charge is 0.299 e. The summed E-state index contributed by atoms with van der Waals surface area (Å²) in [5.41, 5.74) is 2.43. The van der Waals surface area contributed by atoms with Gasteiger partial charge in [0.25, 0.3) is 0 Å². The summed E-state index contributed by atoms with van der Waals surface area (Å²) in [5.74, 6) is 0. The molecule has 16 heavy (non-hydrogen) atoms. The highest BCUT2D eigenvalue weighted by Crippen LogP contribution is 2.31. The summed E-state index contributed by atoms with van der Waals surface area (Å²) in [4.78, 5) is 10.8. The molecular weight excluding hydrogens is 198 g/mol. The molecule has 1 aliphatic heterocycles. The van der Waals surface area contributed by atoms with Crippen molar-refractivity contribution in [2.75, 3.05) is 13.6 Å². The minimum Gasteiger partial charge on any atom is -0.299 e. The summed E-state index contributed by atoms with van der Waals surface area (Å²) in [7, 11) is 2.20. The normalized spacial score (nSPS) is 21.7. The second kappa shape index (κ2) is 3.83. The van der Waals surface area contributed by atoms with E-state index in [1.807, 2.05) is 6.20 Å². The molecule has 1 unspecified atom stereocenters. The first-order valence-electron chi connectivity index (χ1n) is 5.74. The minimum atomic E-state index is 0.569. The molecule has 0 radical (unpaired) electrons. The molecule has 1 aromatic heterocycles. The van der Waals surface area contributed by atoms with E-state index < -0.39 is 0 Å². The molecule has 0 aliphatic carbocycles. The molecule has 0 N–H and O–H groups in total. The number of hydrogen-bond acceptors (Lipinski definition) is 3. The summed E-state index contributed by atoms with van der Waals surface area (Å²) in [6.45, 7) is 1.20. The van der Waals surface area contributed by atoms with Gasteiger partial charge in [0, 0.05) is 17.6 Å². The van der Waals surface area contributed by atoms with E-state index in [9.17, 15) is 0 Å². The molecule has 0 bridgehead atoms. The number of benzene rings is 1. The van der Waals surface area contributed by atoms with Crippen molar-refractivity contribution in [2.24, 2.45) is 0 Å². The van der Waals surface area contributed by atoms with Gasteiger partial charge in [0.1, 0.15) is 6.33 Å². The van der Waals surface area contributed by atoms with Gasteiger partial charge in [-0.15, -0.1) is 0 Å². The Balaban J connectivity index is 2.04. The Morgan fingerprint density at radius 1 is 1.38 bits per heavy atom. The van der Waals surface area contributed by atoms with E-state index in [1.165, 1.54) is 24.9 Å². The van der Waals surface area contributed by atoms with Crippen molar-refractivity contribution in [1.29, 1.82) is 0 Å². The maximum absolute atomic E-state index is 4.31. The average molecular weight is 213 g/mol. The second-order valence-corrected chi connectivity index (χ2v) is 4.48. The van der Waals surface area contributed by atoms with Gasteiger partial charge in [0.15, 0.2) is 0 Å². The van der Waals surface area contributed by atoms with Gasteiger partial charge in [-0.2, -0.15) is 0 Å². The fourth-order valence-electron chi connectivity index (χ4n) is 2.53. The Morgan fingerprint density at radius 2 is 2.31 bits per heavy atom. The van der Waals surface area contributed by atoms with E-state index in [-0.39, 0.29) is 0 Å². The number of nitrogens with zero attached hydrogens (tertiary/aromatic N) is 3. The zero-order valence-electron chi connectivity index (χ0n) is 9.43. The summed E-state index contributed by atoms with van der Waals surface area (Å²) < 4.78 is 0. The molecule has 1 atom stereocenters. The van der Waals surface area contributed by atoms with Crippen LogP contribution in [0.2, 0.25) is 0 Å². The first-order chi connectivity index (χ1) is 7.84. The number of rotatable bonds is 1. The molecule has 0 spiro atoms. The third-order valence-electron chi connectivity index (χ3n) is 3.44. The van der Waals surface area contributed by atoms with Gasteiger partial charge in [-0.1, -0.05) is 12.1 Å². The lowest BCUT2D eigenvalue weighted by atomic mass is 10.0. The molecule has 2 aromatic rings. The number of hydrogen-bond donors (Lipinski definition) is 0. The molecule has 1 aromatic carbocycles. The quantitative estimate of drug-likeness (QED) is 0.728. The summed E-state index contributed by atoms with van der Waals surface area (Å²) in [6.07, 6.45) is 6.03. The van der Waals surface area contributed by atoms with Crippen molar-refractivity contribution >= 4 is 10.9 Å². The maximum atomic E-state index is 4.31. The van der Waals surface area contributed by atoms with E-state index in [2.05, 4.69) is 40.1 Å². The fourth-order valence-corrected chi connectivity index (χ4v) is 2.53. The molecule has 1 aliphatic rings. The molecule has 0 amide bonds. The van der Waals surface area contributed by atoms with Gasteiger partial charge < -0.3 is 0 Å². The fraction of sp³-hybridized carbons (Fsp3) is 0.385. The molecule has 82 valence electrons. The van der Waals surface area contributed by atoms with E-state index >= 15 is 0 Å². The van der Waals surface area contributed by atoms with Crippen LogP contribution in [0.15, 0.2) is 30.7 Å². The lowest BCUT2D eigenvalue weighted by molar-refractivity contribution is 0.317. The van der Waals surface area contributed by atoms with Gasteiger partial charge >= 0.3 is 0 Å². The predicted molar refractivity (Wildman–Crippen MR) is 64.1 cm³/mol. The maximum Gasteiger partial charge on any atom is 0.116 e. The smallest absolute Gasteiger partial charge is 0.116 e. The van der Waals surface area contributed by atoms with Crippen LogP contribution < -0.4 is 0 Å². The van der Waals surface area contributed by atoms with Crippen LogP contribution in [-0.4, -0.2) is 28.5 Å². The number of fused-ring (bicyclic) bond motifs is 1. The SMILES string of the molecule is CN1CCCC1c1ccc2cncnc2c1. The molecule has 3 nitrogen and oxygen atoms in total. The molecular formula is C13H15N3. The summed E-state index contributed by atoms with van der Waals surface area (Å²) in [6, 6.07) is 7.10. The van der Waals surface area contributed by atoms with Crippen molar-refractivity contribution < 1.29 is 0 Å². The zero-order chi connectivity index (χ0) is 11.0. The Morgan fingerprint density at radius 3 is 3.12 bits per heavy atom. The van der Waals surface area contributed by atoms with E-state index in [0.29, 0.717) is 6.04 Å². The molecule has 3 heteroatoms. The average Bonchev–Trinajstić information content (AvgIpc) is 2.75. The molecule has 2 heterocycles. The van der Waals surface area contributed by atoms with Crippen molar-refractivity contribution in [3.05, 3.63) is 36.3 Å². The van der Waals surface area contributed by atoms with Crippen molar-refractivity contribution in [3.8, 4) is 0 Å².